The van der Waals surface area contributed by atoms with Crippen LogP contribution in [-0.2, 0) is 4.79 Å². The highest BCUT2D eigenvalue weighted by Crippen LogP contribution is 2.44. The van der Waals surface area contributed by atoms with Crippen molar-refractivity contribution in [3.05, 3.63) is 11.8 Å². The third-order valence-corrected chi connectivity index (χ3v) is 5.45. The van der Waals surface area contributed by atoms with Gasteiger partial charge in [-0.3, -0.25) is 14.6 Å². The molecule has 0 spiro atoms. The molecule has 4 heteroatoms. The van der Waals surface area contributed by atoms with Gasteiger partial charge in [0.05, 0.1) is 5.92 Å². The summed E-state index contributed by atoms with van der Waals surface area (Å²) >= 11 is 0. The number of aliphatic hydroxyl groups is 1. The van der Waals surface area contributed by atoms with Crippen molar-refractivity contribution < 1.29 is 9.90 Å². The second-order valence-electron chi connectivity index (χ2n) is 6.49. The number of rotatable bonds is 0. The Morgan fingerprint density at radius 1 is 1.26 bits per heavy atom. The SMILES string of the molecule is O=C1[C@@H]2C[C@@H](CN3CCCC[C@H]23)C2=CCC[C@@H](O)N12. The first-order valence-electron chi connectivity index (χ1n) is 7.71. The predicted molar refractivity (Wildman–Crippen MR) is 71.0 cm³/mol. The second-order valence-corrected chi connectivity index (χ2v) is 6.49. The smallest absolute Gasteiger partial charge is 0.233 e. The van der Waals surface area contributed by atoms with E-state index in [-0.39, 0.29) is 11.8 Å². The van der Waals surface area contributed by atoms with E-state index in [9.17, 15) is 9.90 Å². The molecule has 0 aliphatic carbocycles. The van der Waals surface area contributed by atoms with Crippen molar-refractivity contribution in [3.8, 4) is 0 Å². The number of hydrogen-bond donors (Lipinski definition) is 1. The number of allylic oxidation sites excluding steroid dienone is 1. The predicted octanol–water partition coefficient (Wildman–Crippen LogP) is 1.32. The summed E-state index contributed by atoms with van der Waals surface area (Å²) in [4.78, 5) is 17.0. The van der Waals surface area contributed by atoms with Gasteiger partial charge in [-0.25, -0.2) is 0 Å². The fraction of sp³-hybridized carbons (Fsp3) is 0.800. The lowest BCUT2D eigenvalue weighted by atomic mass is 9.73. The van der Waals surface area contributed by atoms with Crippen molar-refractivity contribution in [2.45, 2.75) is 50.8 Å². The van der Waals surface area contributed by atoms with Gasteiger partial charge in [-0.2, -0.15) is 0 Å². The molecule has 0 aromatic rings. The molecule has 0 aromatic carbocycles. The number of aliphatic hydroxyl groups excluding tert-OH is 1. The average Bonchev–Trinajstić information content (AvgIpc) is 2.44. The Bertz CT molecular complexity index is 434. The molecular formula is C15H22N2O2. The van der Waals surface area contributed by atoms with Gasteiger partial charge in [-0.15, -0.1) is 0 Å². The van der Waals surface area contributed by atoms with Crippen LogP contribution in [-0.4, -0.2) is 46.2 Å². The van der Waals surface area contributed by atoms with Gasteiger partial charge in [0, 0.05) is 24.2 Å². The Kier molecular flexibility index (Phi) is 2.71. The number of carbonyl (C=O) groups excluding carboxylic acids is 1. The van der Waals surface area contributed by atoms with Crippen LogP contribution in [0.3, 0.4) is 0 Å². The first kappa shape index (κ1) is 11.9. The lowest BCUT2D eigenvalue weighted by Crippen LogP contribution is -2.62. The van der Waals surface area contributed by atoms with Gasteiger partial charge in [-0.05, 0) is 38.6 Å². The Morgan fingerprint density at radius 3 is 3.05 bits per heavy atom. The summed E-state index contributed by atoms with van der Waals surface area (Å²) in [7, 11) is 0. The molecule has 19 heavy (non-hydrogen) atoms. The molecular weight excluding hydrogens is 240 g/mol. The molecule has 4 atom stereocenters. The van der Waals surface area contributed by atoms with Crippen molar-refractivity contribution in [1.82, 2.24) is 9.80 Å². The molecule has 0 unspecified atom stereocenters. The number of carbonyl (C=O) groups is 1. The van der Waals surface area contributed by atoms with E-state index in [0.717, 1.165) is 38.0 Å². The van der Waals surface area contributed by atoms with Gasteiger partial charge in [0.2, 0.25) is 5.91 Å². The summed E-state index contributed by atoms with van der Waals surface area (Å²) < 4.78 is 0. The maximum atomic E-state index is 12.7. The van der Waals surface area contributed by atoms with E-state index in [1.54, 1.807) is 4.90 Å². The molecule has 4 rings (SSSR count). The van der Waals surface area contributed by atoms with Gasteiger partial charge in [0.25, 0.3) is 0 Å². The van der Waals surface area contributed by atoms with E-state index in [1.165, 1.54) is 12.8 Å². The fourth-order valence-electron chi connectivity index (χ4n) is 4.60. The van der Waals surface area contributed by atoms with Crippen LogP contribution in [0.4, 0.5) is 0 Å². The van der Waals surface area contributed by atoms with Crippen LogP contribution in [0.1, 0.15) is 38.5 Å². The Morgan fingerprint density at radius 2 is 2.16 bits per heavy atom. The summed E-state index contributed by atoms with van der Waals surface area (Å²) in [6.07, 6.45) is 7.91. The van der Waals surface area contributed by atoms with Crippen LogP contribution in [0, 0.1) is 11.8 Å². The standard InChI is InChI=1S/C15H22N2O2/c18-14-6-3-5-12-10-8-11(15(19)17(12)14)13-4-1-2-7-16(13)9-10/h5,10-11,13-14,18H,1-4,6-9H2/t10-,11+,13+,14+/m0/s1. The lowest BCUT2D eigenvalue weighted by Gasteiger charge is -2.54. The largest absolute Gasteiger partial charge is 0.373 e. The van der Waals surface area contributed by atoms with Crippen molar-refractivity contribution >= 4 is 5.91 Å². The van der Waals surface area contributed by atoms with Crippen molar-refractivity contribution in [1.29, 1.82) is 0 Å². The quantitative estimate of drug-likeness (QED) is 0.716. The maximum absolute atomic E-state index is 12.7. The van der Waals surface area contributed by atoms with Gasteiger partial charge >= 0.3 is 0 Å². The Labute approximate surface area is 114 Å². The molecule has 4 nitrogen and oxygen atoms in total. The van der Waals surface area contributed by atoms with Crippen LogP contribution in [0.15, 0.2) is 11.8 Å². The van der Waals surface area contributed by atoms with Crippen LogP contribution < -0.4 is 0 Å². The first-order chi connectivity index (χ1) is 9.25. The minimum atomic E-state index is -0.576. The number of hydrogen-bond acceptors (Lipinski definition) is 3. The van der Waals surface area contributed by atoms with Crippen molar-refractivity contribution in [3.63, 3.8) is 0 Å². The molecule has 0 saturated carbocycles. The minimum Gasteiger partial charge on any atom is -0.373 e. The zero-order valence-corrected chi connectivity index (χ0v) is 11.3. The normalized spacial score (nSPS) is 42.5. The highest BCUT2D eigenvalue weighted by atomic mass is 16.3. The summed E-state index contributed by atoms with van der Waals surface area (Å²) in [6.45, 7) is 2.24. The molecule has 4 aliphatic heterocycles. The van der Waals surface area contributed by atoms with Crippen LogP contribution in [0.25, 0.3) is 0 Å². The van der Waals surface area contributed by atoms with Gasteiger partial charge in [-0.1, -0.05) is 12.5 Å². The Hall–Kier alpha value is -0.870. The van der Waals surface area contributed by atoms with Gasteiger partial charge in [0.15, 0.2) is 0 Å². The second kappa shape index (κ2) is 4.32. The maximum Gasteiger partial charge on any atom is 0.233 e. The summed E-state index contributed by atoms with van der Waals surface area (Å²) in [5.74, 6) is 0.780. The van der Waals surface area contributed by atoms with Crippen LogP contribution in [0.2, 0.25) is 0 Å². The average molecular weight is 262 g/mol. The molecule has 2 bridgehead atoms. The van der Waals surface area contributed by atoms with Crippen LogP contribution >= 0.6 is 0 Å². The molecule has 0 radical (unpaired) electrons. The summed E-state index contributed by atoms with van der Waals surface area (Å²) in [5, 5.41) is 10.2. The molecule has 4 aliphatic rings. The molecule has 3 saturated heterocycles. The lowest BCUT2D eigenvalue weighted by molar-refractivity contribution is -0.157. The zero-order valence-electron chi connectivity index (χ0n) is 11.3. The zero-order chi connectivity index (χ0) is 13.0. The third kappa shape index (κ3) is 1.69. The molecule has 1 N–H and O–H groups in total. The van der Waals surface area contributed by atoms with E-state index in [0.29, 0.717) is 18.4 Å². The molecule has 4 heterocycles. The molecule has 1 amide bonds. The van der Waals surface area contributed by atoms with E-state index >= 15 is 0 Å². The number of amides is 1. The molecule has 104 valence electrons. The van der Waals surface area contributed by atoms with Crippen LogP contribution in [0.5, 0.6) is 0 Å². The highest BCUT2D eigenvalue weighted by molar-refractivity contribution is 5.83. The first-order valence-corrected chi connectivity index (χ1v) is 7.71. The molecule has 3 fully saturated rings. The third-order valence-electron chi connectivity index (χ3n) is 5.45. The summed E-state index contributed by atoms with van der Waals surface area (Å²) in [5.41, 5.74) is 1.11. The number of nitrogens with zero attached hydrogens (tertiary/aromatic N) is 2. The van der Waals surface area contributed by atoms with Crippen molar-refractivity contribution in [2.24, 2.45) is 11.8 Å². The topological polar surface area (TPSA) is 43.8 Å². The van der Waals surface area contributed by atoms with E-state index < -0.39 is 6.23 Å². The van der Waals surface area contributed by atoms with E-state index in [2.05, 4.69) is 11.0 Å². The minimum absolute atomic E-state index is 0.129. The van der Waals surface area contributed by atoms with Gasteiger partial charge in [0.1, 0.15) is 6.23 Å². The number of fused-ring (bicyclic) bond motifs is 6. The van der Waals surface area contributed by atoms with E-state index in [4.69, 9.17) is 0 Å². The van der Waals surface area contributed by atoms with Gasteiger partial charge < -0.3 is 5.11 Å². The van der Waals surface area contributed by atoms with Crippen molar-refractivity contribution in [2.75, 3.05) is 13.1 Å². The number of piperidine rings is 3. The fourth-order valence-corrected chi connectivity index (χ4v) is 4.60. The molecule has 0 aromatic heterocycles. The monoisotopic (exact) mass is 262 g/mol. The highest BCUT2D eigenvalue weighted by Gasteiger charge is 2.50. The summed E-state index contributed by atoms with van der Waals surface area (Å²) in [6, 6.07) is 0.438. The van der Waals surface area contributed by atoms with E-state index in [1.807, 2.05) is 0 Å². The Balaban J connectivity index is 1.70.